The van der Waals surface area contributed by atoms with E-state index in [1.807, 2.05) is 6.07 Å². The number of hydrogen-bond donors (Lipinski definition) is 3. The molecule has 0 radical (unpaired) electrons. The Balaban J connectivity index is 0.820. The number of amides is 5. The average Bonchev–Trinajstić information content (AvgIpc) is 3.47. The highest BCUT2D eigenvalue weighted by molar-refractivity contribution is 6.23. The second kappa shape index (κ2) is 13.7. The van der Waals surface area contributed by atoms with Gasteiger partial charge in [0, 0.05) is 68.0 Å². The lowest BCUT2D eigenvalue weighted by atomic mass is 9.92. The first-order valence-corrected chi connectivity index (χ1v) is 19.5. The van der Waals surface area contributed by atoms with Gasteiger partial charge in [-0.25, -0.2) is 23.1 Å². The highest BCUT2D eigenvalue weighted by atomic mass is 19.3. The van der Waals surface area contributed by atoms with Gasteiger partial charge in [-0.05, 0) is 76.5 Å². The largest absolute Gasteiger partial charge is 0.386 e. The van der Waals surface area contributed by atoms with Gasteiger partial charge < -0.3 is 24.6 Å². The monoisotopic (exact) mass is 798 g/mol. The van der Waals surface area contributed by atoms with Crippen molar-refractivity contribution in [1.82, 2.24) is 29.5 Å². The predicted octanol–water partition coefficient (Wildman–Crippen LogP) is 4.19. The number of fused-ring (bicyclic) bond motifs is 2. The van der Waals surface area contributed by atoms with Gasteiger partial charge in [0.1, 0.15) is 11.7 Å². The van der Waals surface area contributed by atoms with Crippen LogP contribution in [0.15, 0.2) is 48.8 Å². The Kier molecular flexibility index (Phi) is 8.96. The topological polar surface area (TPSA) is 170 Å². The number of alkyl halides is 2. The number of nitrogens with zero attached hydrogens (tertiary/aromatic N) is 6. The molecule has 3 N–H and O–H groups in total. The molecule has 3 aromatic heterocycles. The van der Waals surface area contributed by atoms with E-state index in [2.05, 4.69) is 30.4 Å². The van der Waals surface area contributed by atoms with Crippen LogP contribution >= 0.6 is 0 Å². The highest BCUT2D eigenvalue weighted by Gasteiger charge is 2.58. The molecule has 1 unspecified atom stereocenters. The van der Waals surface area contributed by atoms with Crippen LogP contribution in [0.3, 0.4) is 0 Å². The zero-order valence-corrected chi connectivity index (χ0v) is 31.8. The van der Waals surface area contributed by atoms with E-state index in [0.717, 1.165) is 56.2 Å². The van der Waals surface area contributed by atoms with E-state index in [0.29, 0.717) is 11.6 Å². The summed E-state index contributed by atoms with van der Waals surface area (Å²) in [6.45, 7) is 6.82. The van der Waals surface area contributed by atoms with Crippen molar-refractivity contribution >= 4 is 46.6 Å². The molecule has 4 fully saturated rings. The van der Waals surface area contributed by atoms with Gasteiger partial charge >= 0.3 is 0 Å². The number of aliphatic hydroxyl groups is 1. The maximum atomic E-state index is 16.2. The van der Waals surface area contributed by atoms with Crippen molar-refractivity contribution < 1.29 is 42.3 Å². The summed E-state index contributed by atoms with van der Waals surface area (Å²) in [6, 6.07) is 8.46. The number of piperidine rings is 2. The fraction of sp³-hybridized carbons (Fsp3) is 0.439. The Morgan fingerprint density at radius 1 is 0.983 bits per heavy atom. The number of pyridine rings is 2. The summed E-state index contributed by atoms with van der Waals surface area (Å²) in [5.41, 5.74) is 0.182. The van der Waals surface area contributed by atoms with Crippen molar-refractivity contribution in [2.24, 2.45) is 5.92 Å². The molecule has 58 heavy (non-hydrogen) atoms. The molecule has 14 nitrogen and oxygen atoms in total. The number of aromatic nitrogens is 3. The molecule has 1 aromatic carbocycles. The van der Waals surface area contributed by atoms with Crippen LogP contribution in [0, 0.1) is 11.7 Å². The second-order valence-corrected chi connectivity index (χ2v) is 16.6. The van der Waals surface area contributed by atoms with E-state index >= 15 is 4.39 Å². The maximum Gasteiger partial charge on any atom is 0.274 e. The number of carbonyl (C=O) groups is 5. The summed E-state index contributed by atoms with van der Waals surface area (Å²) < 4.78 is 45.1. The van der Waals surface area contributed by atoms with Crippen LogP contribution in [-0.4, -0.2) is 103 Å². The molecule has 4 aliphatic heterocycles. The Labute approximate surface area is 330 Å². The van der Waals surface area contributed by atoms with Crippen molar-refractivity contribution in [3.63, 3.8) is 0 Å². The third-order valence-corrected chi connectivity index (χ3v) is 12.0. The quantitative estimate of drug-likeness (QED) is 0.209. The lowest BCUT2D eigenvalue weighted by molar-refractivity contribution is -0.136. The van der Waals surface area contributed by atoms with Gasteiger partial charge in [0.05, 0.1) is 39.7 Å². The standard InChI is InChI=1S/C41H41F3N8O6/c1-40(2,58)33-30(47-36(54)28-5-3-4-27(45-28)26-15-41(26,43)44)20-51-19-29(46-35(51)34(33)42)22-10-12-49(13-11-22)16-21-17-50(18-21)23-6-7-24-25(14-23)39(57)52(38(24)56)31-8-9-32(53)48-37(31)55/h3-7,14,19-22,26,31,58H,8-13,15-18H2,1-2H3,(H,47,54)(H,48,53,55)/t26-,31?/m0/s1. The van der Waals surface area contributed by atoms with Gasteiger partial charge in [-0.3, -0.25) is 34.2 Å². The highest BCUT2D eigenvalue weighted by Crippen LogP contribution is 2.55. The van der Waals surface area contributed by atoms with E-state index in [9.17, 15) is 37.9 Å². The summed E-state index contributed by atoms with van der Waals surface area (Å²) in [5, 5.41) is 15.8. The molecule has 1 aliphatic carbocycles. The van der Waals surface area contributed by atoms with E-state index in [1.165, 1.54) is 42.6 Å². The lowest BCUT2D eigenvalue weighted by Gasteiger charge is -2.44. The number of benzene rings is 1. The summed E-state index contributed by atoms with van der Waals surface area (Å²) in [7, 11) is 0. The third-order valence-electron chi connectivity index (χ3n) is 12.0. The van der Waals surface area contributed by atoms with Crippen molar-refractivity contribution in [1.29, 1.82) is 0 Å². The van der Waals surface area contributed by atoms with Gasteiger partial charge in [0.2, 0.25) is 11.8 Å². The van der Waals surface area contributed by atoms with Crippen molar-refractivity contribution in [3.05, 3.63) is 88.4 Å². The van der Waals surface area contributed by atoms with Crippen molar-refractivity contribution in [2.75, 3.05) is 42.9 Å². The summed E-state index contributed by atoms with van der Waals surface area (Å²) in [4.78, 5) is 78.0. The Bertz CT molecular complexity index is 2420. The Morgan fingerprint density at radius 2 is 1.71 bits per heavy atom. The summed E-state index contributed by atoms with van der Waals surface area (Å²) in [5.74, 6) is -7.11. The van der Waals surface area contributed by atoms with Gasteiger partial charge in [0.25, 0.3) is 23.6 Å². The number of imide groups is 2. The number of imidazole rings is 1. The molecule has 9 rings (SSSR count). The third kappa shape index (κ3) is 6.68. The van der Waals surface area contributed by atoms with E-state index in [4.69, 9.17) is 0 Å². The number of carbonyl (C=O) groups excluding carboxylic acids is 5. The molecule has 17 heteroatoms. The molecular formula is C41H41F3N8O6. The van der Waals surface area contributed by atoms with Crippen LogP contribution in [0.2, 0.25) is 0 Å². The smallest absolute Gasteiger partial charge is 0.274 e. The first-order chi connectivity index (χ1) is 27.6. The molecule has 3 saturated heterocycles. The van der Waals surface area contributed by atoms with Gasteiger partial charge in [0.15, 0.2) is 11.5 Å². The number of halogens is 3. The van der Waals surface area contributed by atoms with Gasteiger partial charge in [-0.15, -0.1) is 0 Å². The minimum absolute atomic E-state index is 0.00828. The zero-order valence-electron chi connectivity index (χ0n) is 31.8. The predicted molar refractivity (Wildman–Crippen MR) is 202 cm³/mol. The minimum atomic E-state index is -2.85. The number of hydrogen-bond acceptors (Lipinski definition) is 10. The van der Waals surface area contributed by atoms with Crippen LogP contribution in [0.25, 0.3) is 5.65 Å². The Hall–Kier alpha value is -5.68. The molecule has 5 aliphatic rings. The van der Waals surface area contributed by atoms with E-state index in [-0.39, 0.29) is 64.6 Å². The number of rotatable bonds is 9. The normalized spacial score (nSPS) is 22.7. The van der Waals surface area contributed by atoms with Crippen molar-refractivity contribution in [2.45, 2.75) is 75.4 Å². The molecular weight excluding hydrogens is 757 g/mol. The van der Waals surface area contributed by atoms with Crippen LogP contribution in [0.1, 0.15) is 106 Å². The van der Waals surface area contributed by atoms with Crippen molar-refractivity contribution in [3.8, 4) is 0 Å². The van der Waals surface area contributed by atoms with Crippen LogP contribution in [-0.2, 0) is 15.2 Å². The van der Waals surface area contributed by atoms with Crippen LogP contribution in [0.5, 0.6) is 0 Å². The molecule has 1 saturated carbocycles. The van der Waals surface area contributed by atoms with E-state index < -0.39 is 58.8 Å². The number of anilines is 2. The molecule has 4 aromatic rings. The average molecular weight is 799 g/mol. The fourth-order valence-corrected chi connectivity index (χ4v) is 8.82. The Morgan fingerprint density at radius 3 is 2.40 bits per heavy atom. The lowest BCUT2D eigenvalue weighted by Crippen LogP contribution is -2.54. The molecule has 0 bridgehead atoms. The van der Waals surface area contributed by atoms with Crippen LogP contribution < -0.4 is 15.5 Å². The molecule has 5 amide bonds. The SMILES string of the molecule is CC(C)(O)c1c(NC(=O)c2cccc([C@@H]3CC3(F)F)n2)cn2cc(C3CCN(CC4CN(c5ccc6c(c5)C(=O)N(C5CCC(=O)NC5=O)C6=O)C4)CC3)nc2c1F. The molecule has 7 heterocycles. The number of nitrogens with one attached hydrogen (secondary N) is 2. The zero-order chi connectivity index (χ0) is 40.8. The minimum Gasteiger partial charge on any atom is -0.386 e. The second-order valence-electron chi connectivity index (χ2n) is 16.6. The first-order valence-electron chi connectivity index (χ1n) is 19.5. The van der Waals surface area contributed by atoms with Crippen LogP contribution in [0.4, 0.5) is 24.5 Å². The van der Waals surface area contributed by atoms with Gasteiger partial charge in [-0.2, -0.15) is 0 Å². The van der Waals surface area contributed by atoms with Gasteiger partial charge in [-0.1, -0.05) is 6.07 Å². The molecule has 0 spiro atoms. The molecule has 2 atom stereocenters. The fourth-order valence-electron chi connectivity index (χ4n) is 8.82. The van der Waals surface area contributed by atoms with E-state index in [1.54, 1.807) is 18.3 Å². The summed E-state index contributed by atoms with van der Waals surface area (Å²) in [6.07, 6.45) is 4.64. The maximum absolute atomic E-state index is 16.2. The first kappa shape index (κ1) is 37.9. The number of likely N-dealkylation sites (tertiary alicyclic amines) is 1. The molecule has 302 valence electrons. The summed E-state index contributed by atoms with van der Waals surface area (Å²) >= 11 is 0.